The molecule has 2 aromatic rings. The third-order valence-electron chi connectivity index (χ3n) is 4.09. The van der Waals surface area contributed by atoms with Gasteiger partial charge >= 0.3 is 59.1 Å². The first-order chi connectivity index (χ1) is 14.7. The molecule has 0 radical (unpaired) electrons. The molecule has 0 spiro atoms. The zero-order valence-electron chi connectivity index (χ0n) is 17.6. The van der Waals surface area contributed by atoms with Gasteiger partial charge in [-0.2, -0.15) is 28.8 Å². The quantitative estimate of drug-likeness (QED) is 0.215. The SMILES string of the molecule is CC1=NN(c2ccc(S(=O)(=O)[O-])cc2Cl)C(=O)C1N=Nc1cc(Cl)cc(S(=O)(=O)O)c1[O-].[Na+].[Na+]. The molecule has 18 heteroatoms. The summed E-state index contributed by atoms with van der Waals surface area (Å²) >= 11 is 11.7. The zero-order chi connectivity index (χ0) is 24.0. The number of benzene rings is 2. The van der Waals surface area contributed by atoms with E-state index in [2.05, 4.69) is 15.3 Å². The third kappa shape index (κ3) is 6.78. The van der Waals surface area contributed by atoms with Crippen LogP contribution < -0.4 is 69.2 Å². The minimum absolute atomic E-state index is 0. The molecule has 1 aliphatic rings. The van der Waals surface area contributed by atoms with Gasteiger partial charge in [-0.05, 0) is 37.3 Å². The van der Waals surface area contributed by atoms with Gasteiger partial charge in [-0.3, -0.25) is 9.35 Å². The number of rotatable bonds is 5. The second kappa shape index (κ2) is 11.6. The summed E-state index contributed by atoms with van der Waals surface area (Å²) in [6.07, 6.45) is 0. The van der Waals surface area contributed by atoms with Crippen LogP contribution in [0.2, 0.25) is 10.0 Å². The van der Waals surface area contributed by atoms with Crippen molar-refractivity contribution in [3.63, 3.8) is 0 Å². The largest absolute Gasteiger partial charge is 1.00 e. The van der Waals surface area contributed by atoms with Crippen molar-refractivity contribution in [1.29, 1.82) is 0 Å². The Hall–Kier alpha value is -0.620. The number of nitrogens with zero attached hydrogens (tertiary/aromatic N) is 4. The van der Waals surface area contributed by atoms with E-state index >= 15 is 0 Å². The van der Waals surface area contributed by atoms with Crippen molar-refractivity contribution in [2.75, 3.05) is 5.01 Å². The van der Waals surface area contributed by atoms with Crippen LogP contribution >= 0.6 is 23.2 Å². The van der Waals surface area contributed by atoms with E-state index in [1.54, 1.807) is 0 Å². The molecular weight excluding hydrogens is 557 g/mol. The van der Waals surface area contributed by atoms with E-state index in [-0.39, 0.29) is 80.6 Å². The second-order valence-corrected chi connectivity index (χ2v) is 9.92. The molecule has 3 rings (SSSR count). The summed E-state index contributed by atoms with van der Waals surface area (Å²) in [6.45, 7) is 1.41. The average Bonchev–Trinajstić information content (AvgIpc) is 2.94. The molecule has 0 saturated heterocycles. The molecule has 0 bridgehead atoms. The van der Waals surface area contributed by atoms with E-state index in [1.807, 2.05) is 0 Å². The Morgan fingerprint density at radius 1 is 1.12 bits per heavy atom. The molecule has 1 heterocycles. The van der Waals surface area contributed by atoms with E-state index in [9.17, 15) is 31.3 Å². The molecule has 1 unspecified atom stereocenters. The minimum atomic E-state index is -4.88. The number of hydrogen-bond acceptors (Lipinski definition) is 10. The van der Waals surface area contributed by atoms with Gasteiger partial charge in [-0.25, -0.2) is 8.42 Å². The number of hydrazone groups is 1. The number of halogens is 2. The van der Waals surface area contributed by atoms with Gasteiger partial charge in [0.25, 0.3) is 16.0 Å². The van der Waals surface area contributed by atoms with Gasteiger partial charge in [-0.15, -0.1) is 0 Å². The standard InChI is InChI=1S/C16H12Cl2N4O8S2.2Na/c1-7-14(20-19-11-4-8(17)5-13(15(11)23)32(28,29)30)16(24)22(21-7)12-3-2-9(6-10(12)18)31(25,26)27;;/h2-6,14,23H,1H3,(H,25,26,27)(H,28,29,30);;/q;2*+1/p-2. The number of amides is 1. The summed E-state index contributed by atoms with van der Waals surface area (Å²) in [4.78, 5) is 11.1. The smallest absolute Gasteiger partial charge is 0.870 e. The summed E-state index contributed by atoms with van der Waals surface area (Å²) in [5, 5.41) is 23.8. The van der Waals surface area contributed by atoms with Crippen molar-refractivity contribution in [3.05, 3.63) is 40.4 Å². The molecule has 1 amide bonds. The van der Waals surface area contributed by atoms with Gasteiger partial charge in [0, 0.05) is 5.02 Å². The second-order valence-electron chi connectivity index (χ2n) is 6.30. The molecule has 1 aliphatic heterocycles. The van der Waals surface area contributed by atoms with Crippen LogP contribution in [0.3, 0.4) is 0 Å². The van der Waals surface area contributed by atoms with E-state index in [1.165, 1.54) is 6.92 Å². The number of azo groups is 1. The Kier molecular flexibility index (Phi) is 10.7. The van der Waals surface area contributed by atoms with E-state index in [0.29, 0.717) is 0 Å². The number of carbonyl (C=O) groups excluding carboxylic acids is 1. The van der Waals surface area contributed by atoms with Crippen LogP contribution in [-0.4, -0.2) is 43.6 Å². The predicted octanol–water partition coefficient (Wildman–Crippen LogP) is -3.90. The van der Waals surface area contributed by atoms with Crippen LogP contribution in [0.4, 0.5) is 11.4 Å². The molecule has 0 aliphatic carbocycles. The number of hydrogen-bond donors (Lipinski definition) is 1. The van der Waals surface area contributed by atoms with Crippen LogP contribution in [0, 0.1) is 0 Å². The van der Waals surface area contributed by atoms with Crippen molar-refractivity contribution in [1.82, 2.24) is 0 Å². The maximum Gasteiger partial charge on any atom is 1.00 e. The average molecular weight is 567 g/mol. The van der Waals surface area contributed by atoms with Crippen LogP contribution in [0.15, 0.2) is 55.5 Å². The normalized spacial score (nSPS) is 16.3. The molecule has 0 aromatic heterocycles. The van der Waals surface area contributed by atoms with Gasteiger partial charge in [-0.1, -0.05) is 29.0 Å². The van der Waals surface area contributed by atoms with Gasteiger partial charge in [0.2, 0.25) is 0 Å². The van der Waals surface area contributed by atoms with Gasteiger partial charge in [0.1, 0.15) is 10.1 Å². The molecule has 0 saturated carbocycles. The first kappa shape index (κ1) is 31.4. The first-order valence-electron chi connectivity index (χ1n) is 8.23. The topological polar surface area (TPSA) is 192 Å². The maximum atomic E-state index is 12.7. The van der Waals surface area contributed by atoms with Crippen LogP contribution in [0.25, 0.3) is 0 Å². The van der Waals surface area contributed by atoms with Crippen LogP contribution in [0.5, 0.6) is 5.75 Å². The summed E-state index contributed by atoms with van der Waals surface area (Å²) in [7, 11) is -9.65. The first-order valence-corrected chi connectivity index (χ1v) is 11.8. The van der Waals surface area contributed by atoms with Crippen molar-refractivity contribution < 1.29 is 95.0 Å². The molecule has 2 aromatic carbocycles. The molecule has 1 atom stereocenters. The van der Waals surface area contributed by atoms with Gasteiger partial charge in [0.05, 0.1) is 31.9 Å². The fourth-order valence-corrected chi connectivity index (χ4v) is 4.33. The van der Waals surface area contributed by atoms with E-state index in [4.69, 9.17) is 27.8 Å². The van der Waals surface area contributed by atoms with Gasteiger partial charge < -0.3 is 9.66 Å². The molecular formula is C16H10Cl2N4Na2O8S2. The summed E-state index contributed by atoms with van der Waals surface area (Å²) in [6, 6.07) is 3.31. The Bertz CT molecular complexity index is 1420. The predicted molar refractivity (Wildman–Crippen MR) is 109 cm³/mol. The minimum Gasteiger partial charge on any atom is -0.870 e. The van der Waals surface area contributed by atoms with Crippen molar-refractivity contribution >= 4 is 66.4 Å². The van der Waals surface area contributed by atoms with Crippen LogP contribution in [0.1, 0.15) is 6.92 Å². The number of carbonyl (C=O) groups is 1. The molecule has 34 heavy (non-hydrogen) atoms. The fourth-order valence-electron chi connectivity index (χ4n) is 2.62. The Balaban J connectivity index is 0.00000289. The summed E-state index contributed by atoms with van der Waals surface area (Å²) in [5.74, 6) is -1.97. The fraction of sp³-hybridized carbons (Fsp3) is 0.125. The number of anilines is 1. The molecule has 1 N–H and O–H groups in total. The summed E-state index contributed by atoms with van der Waals surface area (Å²) < 4.78 is 65.1. The van der Waals surface area contributed by atoms with Crippen molar-refractivity contribution in [2.24, 2.45) is 15.3 Å². The summed E-state index contributed by atoms with van der Waals surface area (Å²) in [5.41, 5.74) is -0.478. The molecule has 0 fully saturated rings. The third-order valence-corrected chi connectivity index (χ3v) is 6.30. The monoisotopic (exact) mass is 566 g/mol. The zero-order valence-corrected chi connectivity index (χ0v) is 24.8. The van der Waals surface area contributed by atoms with Crippen LogP contribution in [-0.2, 0) is 25.0 Å². The Morgan fingerprint density at radius 3 is 2.26 bits per heavy atom. The molecule has 12 nitrogen and oxygen atoms in total. The Morgan fingerprint density at radius 2 is 1.74 bits per heavy atom. The maximum absolute atomic E-state index is 12.7. The van der Waals surface area contributed by atoms with E-state index < -0.39 is 53.4 Å². The van der Waals surface area contributed by atoms with Gasteiger partial charge in [0.15, 0.2) is 6.04 Å². The molecule has 170 valence electrons. The Labute approximate surface area is 248 Å². The van der Waals surface area contributed by atoms with Crippen molar-refractivity contribution in [3.8, 4) is 5.75 Å². The van der Waals surface area contributed by atoms with E-state index in [0.717, 1.165) is 35.3 Å². The van der Waals surface area contributed by atoms with Crippen molar-refractivity contribution in [2.45, 2.75) is 22.8 Å².